The van der Waals surface area contributed by atoms with Gasteiger partial charge in [-0.15, -0.1) is 0 Å². The summed E-state index contributed by atoms with van der Waals surface area (Å²) in [4.78, 5) is 41.5. The Kier molecular flexibility index (Phi) is 6.53. The van der Waals surface area contributed by atoms with E-state index >= 15 is 0 Å². The number of carbonyl (C=O) groups is 3. The van der Waals surface area contributed by atoms with Crippen molar-refractivity contribution in [2.45, 2.75) is 19.0 Å². The zero-order chi connectivity index (χ0) is 24.2. The van der Waals surface area contributed by atoms with Crippen LogP contribution < -0.4 is 15.0 Å². The van der Waals surface area contributed by atoms with Gasteiger partial charge in [0.2, 0.25) is 5.91 Å². The summed E-state index contributed by atoms with van der Waals surface area (Å²) in [5, 5.41) is 2.60. The van der Waals surface area contributed by atoms with Crippen LogP contribution in [0.3, 0.4) is 0 Å². The van der Waals surface area contributed by atoms with Gasteiger partial charge >= 0.3 is 6.03 Å². The third-order valence-electron chi connectivity index (χ3n) is 5.40. The lowest BCUT2D eigenvalue weighted by molar-refractivity contribution is -0.124. The number of urea groups is 1. The Morgan fingerprint density at radius 1 is 0.971 bits per heavy atom. The van der Waals surface area contributed by atoms with Crippen LogP contribution in [0.25, 0.3) is 0 Å². The number of nitrogens with zero attached hydrogens (tertiary/aromatic N) is 2. The molecule has 1 saturated heterocycles. The first-order valence-corrected chi connectivity index (χ1v) is 10.4. The third-order valence-corrected chi connectivity index (χ3v) is 5.40. The van der Waals surface area contributed by atoms with Crippen LogP contribution >= 0.6 is 0 Å². The van der Waals surface area contributed by atoms with E-state index in [2.05, 4.69) is 5.32 Å². The van der Waals surface area contributed by atoms with Crippen LogP contribution in [-0.4, -0.2) is 35.9 Å². The first-order chi connectivity index (χ1) is 16.4. The van der Waals surface area contributed by atoms with E-state index in [9.17, 15) is 23.2 Å². The molecule has 1 heterocycles. The van der Waals surface area contributed by atoms with Gasteiger partial charge in [-0.25, -0.2) is 18.5 Å². The molecule has 4 rings (SSSR count). The van der Waals surface area contributed by atoms with Crippen LogP contribution in [0.2, 0.25) is 0 Å². The number of amides is 4. The van der Waals surface area contributed by atoms with Crippen molar-refractivity contribution in [2.75, 3.05) is 17.3 Å². The second kappa shape index (κ2) is 9.70. The molecule has 0 bridgehead atoms. The molecule has 1 aliphatic rings. The second-order valence-electron chi connectivity index (χ2n) is 7.69. The fourth-order valence-electron chi connectivity index (χ4n) is 3.74. The zero-order valence-corrected chi connectivity index (χ0v) is 18.2. The van der Waals surface area contributed by atoms with Crippen molar-refractivity contribution in [3.05, 3.63) is 90.0 Å². The van der Waals surface area contributed by atoms with Gasteiger partial charge in [0, 0.05) is 12.2 Å². The molecule has 7 nitrogen and oxygen atoms in total. The first-order valence-electron chi connectivity index (χ1n) is 10.4. The van der Waals surface area contributed by atoms with Crippen LogP contribution in [0.4, 0.5) is 25.0 Å². The van der Waals surface area contributed by atoms with E-state index < -0.39 is 35.5 Å². The van der Waals surface area contributed by atoms with Crippen molar-refractivity contribution in [2.24, 2.45) is 0 Å². The van der Waals surface area contributed by atoms with Crippen molar-refractivity contribution in [1.29, 1.82) is 0 Å². The van der Waals surface area contributed by atoms with E-state index in [1.54, 1.807) is 30.3 Å². The standard InChI is InChI=1S/C25H21F2N3O4/c1-34-21-11-9-20(10-12-21)30-24(32)22(14-23(31)28-19-7-5-17(26)6-8-19)29(25(30)33)15-16-3-2-4-18(27)13-16/h2-13,22H,14-15H2,1H3,(H,28,31). The van der Waals surface area contributed by atoms with Gasteiger partial charge in [-0.2, -0.15) is 0 Å². The van der Waals surface area contributed by atoms with Crippen LogP contribution in [0.15, 0.2) is 72.8 Å². The molecule has 1 unspecified atom stereocenters. The summed E-state index contributed by atoms with van der Waals surface area (Å²) in [5.74, 6) is -1.49. The third kappa shape index (κ3) is 4.88. The molecule has 0 saturated carbocycles. The Bertz CT molecular complexity index is 1220. The van der Waals surface area contributed by atoms with Gasteiger partial charge in [0.15, 0.2) is 0 Å². The normalized spacial score (nSPS) is 15.6. The molecule has 34 heavy (non-hydrogen) atoms. The Morgan fingerprint density at radius 3 is 2.32 bits per heavy atom. The van der Waals surface area contributed by atoms with Crippen molar-refractivity contribution < 1.29 is 27.9 Å². The average Bonchev–Trinajstić information content (AvgIpc) is 3.04. The Morgan fingerprint density at radius 2 is 1.68 bits per heavy atom. The van der Waals surface area contributed by atoms with Crippen LogP contribution in [0.5, 0.6) is 5.75 Å². The SMILES string of the molecule is COc1ccc(N2C(=O)C(CC(=O)Nc3ccc(F)cc3)N(Cc3cccc(F)c3)C2=O)cc1. The van der Waals surface area contributed by atoms with Gasteiger partial charge in [-0.3, -0.25) is 9.59 Å². The molecule has 3 aromatic rings. The quantitative estimate of drug-likeness (QED) is 0.527. The molecule has 0 aliphatic carbocycles. The van der Waals surface area contributed by atoms with E-state index in [1.165, 1.54) is 54.5 Å². The number of halogens is 2. The number of carbonyl (C=O) groups excluding carboxylic acids is 3. The first kappa shape index (κ1) is 22.9. The fraction of sp³-hybridized carbons (Fsp3) is 0.160. The summed E-state index contributed by atoms with van der Waals surface area (Å²) >= 11 is 0. The molecule has 1 N–H and O–H groups in total. The molecule has 1 atom stereocenters. The molecule has 0 spiro atoms. The van der Waals surface area contributed by atoms with Crippen molar-refractivity contribution in [3.63, 3.8) is 0 Å². The number of hydrogen-bond acceptors (Lipinski definition) is 4. The highest BCUT2D eigenvalue weighted by Gasteiger charge is 2.46. The Hall–Kier alpha value is -4.27. The minimum atomic E-state index is -1.11. The maximum absolute atomic E-state index is 13.7. The van der Waals surface area contributed by atoms with Crippen molar-refractivity contribution in [1.82, 2.24) is 4.90 Å². The second-order valence-corrected chi connectivity index (χ2v) is 7.69. The van der Waals surface area contributed by atoms with Gasteiger partial charge in [0.05, 0.1) is 19.2 Å². The van der Waals surface area contributed by atoms with E-state index in [-0.39, 0.29) is 13.0 Å². The van der Waals surface area contributed by atoms with Gasteiger partial charge in [-0.05, 0) is 66.2 Å². The molecule has 0 radical (unpaired) electrons. The summed E-state index contributed by atoms with van der Waals surface area (Å²) in [6.07, 6.45) is -0.329. The van der Waals surface area contributed by atoms with Gasteiger partial charge in [0.1, 0.15) is 23.4 Å². The molecular formula is C25H21F2N3O4. The molecule has 4 amide bonds. The van der Waals surface area contributed by atoms with E-state index in [0.717, 1.165) is 4.90 Å². The van der Waals surface area contributed by atoms with E-state index in [4.69, 9.17) is 4.74 Å². The Balaban J connectivity index is 1.60. The minimum absolute atomic E-state index is 0.0660. The fourth-order valence-corrected chi connectivity index (χ4v) is 3.74. The summed E-state index contributed by atoms with van der Waals surface area (Å²) < 4.78 is 32.0. The lowest BCUT2D eigenvalue weighted by Gasteiger charge is -2.21. The maximum Gasteiger partial charge on any atom is 0.332 e. The molecule has 1 fully saturated rings. The largest absolute Gasteiger partial charge is 0.497 e. The molecular weight excluding hydrogens is 444 g/mol. The number of nitrogens with one attached hydrogen (secondary N) is 1. The summed E-state index contributed by atoms with van der Waals surface area (Å²) in [6.45, 7) is -0.0660. The number of hydrogen-bond donors (Lipinski definition) is 1. The van der Waals surface area contributed by atoms with Crippen LogP contribution in [0, 0.1) is 11.6 Å². The van der Waals surface area contributed by atoms with Gasteiger partial charge < -0.3 is 15.0 Å². The molecule has 174 valence electrons. The monoisotopic (exact) mass is 465 g/mol. The molecule has 0 aromatic heterocycles. The topological polar surface area (TPSA) is 79.0 Å². The van der Waals surface area contributed by atoms with Crippen LogP contribution in [0.1, 0.15) is 12.0 Å². The highest BCUT2D eigenvalue weighted by molar-refractivity contribution is 6.22. The lowest BCUT2D eigenvalue weighted by atomic mass is 10.1. The number of imide groups is 1. The summed E-state index contributed by atoms with van der Waals surface area (Å²) in [5.41, 5.74) is 1.15. The van der Waals surface area contributed by atoms with E-state index in [0.29, 0.717) is 22.7 Å². The maximum atomic E-state index is 13.7. The number of rotatable bonds is 7. The molecule has 9 heteroatoms. The van der Waals surface area contributed by atoms with Gasteiger partial charge in [-0.1, -0.05) is 12.1 Å². The van der Waals surface area contributed by atoms with E-state index in [1.807, 2.05) is 0 Å². The number of anilines is 2. The molecule has 3 aromatic carbocycles. The minimum Gasteiger partial charge on any atom is -0.497 e. The predicted octanol–water partition coefficient (Wildman–Crippen LogP) is 4.34. The number of benzene rings is 3. The average molecular weight is 465 g/mol. The van der Waals surface area contributed by atoms with Crippen LogP contribution in [-0.2, 0) is 16.1 Å². The van der Waals surface area contributed by atoms with Gasteiger partial charge in [0.25, 0.3) is 5.91 Å². The highest BCUT2D eigenvalue weighted by atomic mass is 19.1. The summed E-state index contributed by atoms with van der Waals surface area (Å²) in [6, 6.07) is 15.5. The number of ether oxygens (including phenoxy) is 1. The molecule has 1 aliphatic heterocycles. The predicted molar refractivity (Wildman–Crippen MR) is 121 cm³/mol. The van der Waals surface area contributed by atoms with Crippen molar-refractivity contribution >= 4 is 29.2 Å². The zero-order valence-electron chi connectivity index (χ0n) is 18.2. The summed E-state index contributed by atoms with van der Waals surface area (Å²) in [7, 11) is 1.50. The Labute approximate surface area is 194 Å². The number of methoxy groups -OCH3 is 1. The highest BCUT2D eigenvalue weighted by Crippen LogP contribution is 2.30. The van der Waals surface area contributed by atoms with Crippen molar-refractivity contribution in [3.8, 4) is 5.75 Å². The smallest absolute Gasteiger partial charge is 0.332 e. The lowest BCUT2D eigenvalue weighted by Crippen LogP contribution is -2.37.